The highest BCUT2D eigenvalue weighted by molar-refractivity contribution is 6.27. The van der Waals surface area contributed by atoms with Gasteiger partial charge in [-0.1, -0.05) is 18.6 Å². The van der Waals surface area contributed by atoms with Crippen LogP contribution < -0.4 is 9.47 Å². The minimum Gasteiger partial charge on any atom is -0.497 e. The minimum atomic E-state index is -1.82. The summed E-state index contributed by atoms with van der Waals surface area (Å²) in [6, 6.07) is 12.3. The Bertz CT molecular complexity index is 820. The Morgan fingerprint density at radius 2 is 1.84 bits per heavy atom. The van der Waals surface area contributed by atoms with Gasteiger partial charge in [-0.2, -0.15) is 0 Å². The van der Waals surface area contributed by atoms with E-state index in [-0.39, 0.29) is 0 Å². The normalized spacial score (nSPS) is 15.8. The standard InChI is InChI=1S/C21H28N2O3.C2H2O4/c1-24-19-7-4-8-20(16-19)26-15-14-25-13-12-23-11-3-2-9-21(23)18-6-5-10-22-17-18;3-1(4)2(5)6/h4-8,10,16-17,21H,2-3,9,11-15H2,1H3;(H,3,4)(H,5,6). The number of ether oxygens (including phenoxy) is 3. The van der Waals surface area contributed by atoms with Crippen LogP contribution in [0, 0.1) is 0 Å². The third-order valence-electron chi connectivity index (χ3n) is 4.93. The summed E-state index contributed by atoms with van der Waals surface area (Å²) < 4.78 is 16.7. The molecule has 1 atom stereocenters. The Balaban J connectivity index is 0.000000534. The average molecular weight is 447 g/mol. The van der Waals surface area contributed by atoms with Crippen LogP contribution in [0.4, 0.5) is 0 Å². The largest absolute Gasteiger partial charge is 0.497 e. The molecule has 174 valence electrons. The molecule has 1 aromatic carbocycles. The van der Waals surface area contributed by atoms with Gasteiger partial charge in [-0.05, 0) is 43.1 Å². The first kappa shape index (κ1) is 25.1. The zero-order chi connectivity index (χ0) is 23.2. The number of hydrogen-bond donors (Lipinski definition) is 2. The van der Waals surface area contributed by atoms with Gasteiger partial charge in [-0.25, -0.2) is 9.59 Å². The van der Waals surface area contributed by atoms with Gasteiger partial charge in [0.15, 0.2) is 0 Å². The maximum atomic E-state index is 9.10. The smallest absolute Gasteiger partial charge is 0.414 e. The highest BCUT2D eigenvalue weighted by Crippen LogP contribution is 2.29. The van der Waals surface area contributed by atoms with Crippen molar-refractivity contribution >= 4 is 11.9 Å². The predicted octanol–water partition coefficient (Wildman–Crippen LogP) is 2.87. The monoisotopic (exact) mass is 446 g/mol. The number of piperidine rings is 1. The Morgan fingerprint density at radius 3 is 2.53 bits per heavy atom. The van der Waals surface area contributed by atoms with Gasteiger partial charge in [0.2, 0.25) is 0 Å². The summed E-state index contributed by atoms with van der Waals surface area (Å²) in [5.41, 5.74) is 1.31. The molecule has 32 heavy (non-hydrogen) atoms. The summed E-state index contributed by atoms with van der Waals surface area (Å²) in [7, 11) is 1.65. The van der Waals surface area contributed by atoms with Crippen molar-refractivity contribution in [3.8, 4) is 11.5 Å². The number of pyridine rings is 1. The molecule has 0 spiro atoms. The van der Waals surface area contributed by atoms with Crippen LogP contribution in [0.3, 0.4) is 0 Å². The van der Waals surface area contributed by atoms with Gasteiger partial charge in [0.05, 0.1) is 20.3 Å². The van der Waals surface area contributed by atoms with Crippen LogP contribution in [0.15, 0.2) is 48.8 Å². The molecular formula is C23H30N2O7. The number of carboxylic acids is 2. The summed E-state index contributed by atoms with van der Waals surface area (Å²) in [6.07, 6.45) is 7.57. The number of likely N-dealkylation sites (tertiary alicyclic amines) is 1. The molecule has 2 aromatic rings. The summed E-state index contributed by atoms with van der Waals surface area (Å²) in [4.78, 5) is 25.0. The van der Waals surface area contributed by atoms with Crippen LogP contribution in [-0.4, -0.2) is 72.1 Å². The molecule has 2 heterocycles. The minimum absolute atomic E-state index is 0.467. The number of methoxy groups -OCH3 is 1. The van der Waals surface area contributed by atoms with Gasteiger partial charge in [-0.15, -0.1) is 0 Å². The van der Waals surface area contributed by atoms with Crippen LogP contribution in [-0.2, 0) is 14.3 Å². The van der Waals surface area contributed by atoms with E-state index in [1.165, 1.54) is 24.8 Å². The number of rotatable bonds is 9. The lowest BCUT2D eigenvalue weighted by molar-refractivity contribution is -0.159. The lowest BCUT2D eigenvalue weighted by atomic mass is 9.96. The first-order chi connectivity index (χ1) is 15.5. The van der Waals surface area contributed by atoms with E-state index in [4.69, 9.17) is 34.0 Å². The fourth-order valence-electron chi connectivity index (χ4n) is 3.40. The molecule has 0 bridgehead atoms. The lowest BCUT2D eigenvalue weighted by Gasteiger charge is -2.35. The van der Waals surface area contributed by atoms with Crippen molar-refractivity contribution in [1.82, 2.24) is 9.88 Å². The molecule has 2 N–H and O–H groups in total. The van der Waals surface area contributed by atoms with E-state index in [0.717, 1.165) is 31.2 Å². The van der Waals surface area contributed by atoms with Crippen molar-refractivity contribution in [3.63, 3.8) is 0 Å². The van der Waals surface area contributed by atoms with Crippen molar-refractivity contribution in [2.75, 3.05) is 40.0 Å². The first-order valence-electron chi connectivity index (χ1n) is 10.5. The van der Waals surface area contributed by atoms with E-state index in [1.807, 2.05) is 42.7 Å². The fraction of sp³-hybridized carbons (Fsp3) is 0.435. The maximum Gasteiger partial charge on any atom is 0.414 e. The summed E-state index contributed by atoms with van der Waals surface area (Å²) in [5.74, 6) is -2.04. The molecule has 1 saturated heterocycles. The van der Waals surface area contributed by atoms with E-state index in [9.17, 15) is 0 Å². The van der Waals surface area contributed by atoms with E-state index >= 15 is 0 Å². The molecule has 1 fully saturated rings. The zero-order valence-electron chi connectivity index (χ0n) is 18.2. The molecule has 0 radical (unpaired) electrons. The molecule has 1 aliphatic heterocycles. The van der Waals surface area contributed by atoms with Crippen LogP contribution in [0.2, 0.25) is 0 Å². The van der Waals surface area contributed by atoms with Crippen LogP contribution in [0.25, 0.3) is 0 Å². The van der Waals surface area contributed by atoms with Gasteiger partial charge in [0, 0.05) is 31.0 Å². The summed E-state index contributed by atoms with van der Waals surface area (Å²) in [5, 5.41) is 14.8. The molecule has 1 aliphatic rings. The van der Waals surface area contributed by atoms with Crippen LogP contribution >= 0.6 is 0 Å². The van der Waals surface area contributed by atoms with Gasteiger partial charge in [0.25, 0.3) is 0 Å². The number of aromatic nitrogens is 1. The number of benzene rings is 1. The third kappa shape index (κ3) is 8.91. The molecule has 9 heteroatoms. The molecule has 3 rings (SSSR count). The van der Waals surface area contributed by atoms with E-state index in [1.54, 1.807) is 7.11 Å². The van der Waals surface area contributed by atoms with Crippen molar-refractivity contribution < 1.29 is 34.0 Å². The van der Waals surface area contributed by atoms with Crippen molar-refractivity contribution in [2.24, 2.45) is 0 Å². The van der Waals surface area contributed by atoms with E-state index in [2.05, 4.69) is 16.0 Å². The predicted molar refractivity (Wildman–Crippen MR) is 117 cm³/mol. The molecule has 1 aromatic heterocycles. The first-order valence-corrected chi connectivity index (χ1v) is 10.5. The van der Waals surface area contributed by atoms with Crippen molar-refractivity contribution in [1.29, 1.82) is 0 Å². The van der Waals surface area contributed by atoms with Crippen LogP contribution in [0.1, 0.15) is 30.9 Å². The van der Waals surface area contributed by atoms with Crippen molar-refractivity contribution in [3.05, 3.63) is 54.4 Å². The molecule has 9 nitrogen and oxygen atoms in total. The Morgan fingerprint density at radius 1 is 1.06 bits per heavy atom. The average Bonchev–Trinajstić information content (AvgIpc) is 2.82. The highest BCUT2D eigenvalue weighted by Gasteiger charge is 2.23. The number of hydrogen-bond acceptors (Lipinski definition) is 7. The third-order valence-corrected chi connectivity index (χ3v) is 4.93. The van der Waals surface area contributed by atoms with Gasteiger partial charge < -0.3 is 24.4 Å². The Labute approximate surface area is 187 Å². The van der Waals surface area contributed by atoms with Gasteiger partial charge in [0.1, 0.15) is 18.1 Å². The Kier molecular flexibility index (Phi) is 11.0. The maximum absolute atomic E-state index is 9.10. The molecule has 0 saturated carbocycles. The summed E-state index contributed by atoms with van der Waals surface area (Å²) >= 11 is 0. The number of carbonyl (C=O) groups is 2. The molecule has 1 unspecified atom stereocenters. The van der Waals surface area contributed by atoms with Crippen LogP contribution in [0.5, 0.6) is 11.5 Å². The molecular weight excluding hydrogens is 416 g/mol. The van der Waals surface area contributed by atoms with Crippen molar-refractivity contribution in [2.45, 2.75) is 25.3 Å². The number of nitrogens with zero attached hydrogens (tertiary/aromatic N) is 2. The quantitative estimate of drug-likeness (QED) is 0.443. The fourth-order valence-corrected chi connectivity index (χ4v) is 3.40. The topological polar surface area (TPSA) is 118 Å². The number of aliphatic carboxylic acids is 2. The molecule has 0 amide bonds. The van der Waals surface area contributed by atoms with Gasteiger partial charge >= 0.3 is 11.9 Å². The second kappa shape index (κ2) is 14.0. The van der Waals surface area contributed by atoms with Gasteiger partial charge in [-0.3, -0.25) is 9.88 Å². The second-order valence-corrected chi connectivity index (χ2v) is 7.08. The molecule has 0 aliphatic carbocycles. The second-order valence-electron chi connectivity index (χ2n) is 7.08. The van der Waals surface area contributed by atoms with E-state index in [0.29, 0.717) is 19.3 Å². The number of carboxylic acid groups (broad SMARTS) is 2. The lowest BCUT2D eigenvalue weighted by Crippen LogP contribution is -2.36. The zero-order valence-corrected chi connectivity index (χ0v) is 18.2. The van der Waals surface area contributed by atoms with E-state index < -0.39 is 11.9 Å². The highest BCUT2D eigenvalue weighted by atomic mass is 16.5. The summed E-state index contributed by atoms with van der Waals surface area (Å²) in [6.45, 7) is 3.92. The SMILES string of the molecule is COc1cccc(OCCOCCN2CCCCC2c2cccnc2)c1.O=C(O)C(=O)O. The Hall–Kier alpha value is -3.17.